The van der Waals surface area contributed by atoms with Crippen LogP contribution in [0.25, 0.3) is 10.9 Å². The summed E-state index contributed by atoms with van der Waals surface area (Å²) in [4.78, 5) is 24.7. The van der Waals surface area contributed by atoms with Crippen molar-refractivity contribution in [2.75, 3.05) is 14.2 Å². The number of aromatic amines is 1. The van der Waals surface area contributed by atoms with Crippen LogP contribution in [0, 0.1) is 6.92 Å². The van der Waals surface area contributed by atoms with Crippen molar-refractivity contribution in [2.45, 2.75) is 13.5 Å². The molecule has 8 heteroatoms. The maximum absolute atomic E-state index is 13.1. The molecule has 8 nitrogen and oxygen atoms in total. The zero-order chi connectivity index (χ0) is 21.8. The zero-order valence-corrected chi connectivity index (χ0v) is 17.3. The molecule has 4 rings (SSSR count). The molecule has 158 valence electrons. The van der Waals surface area contributed by atoms with Crippen molar-refractivity contribution in [3.8, 4) is 23.5 Å². The summed E-state index contributed by atoms with van der Waals surface area (Å²) in [5.74, 6) is 0.292. The number of nitrogens with zero attached hydrogens (tertiary/aromatic N) is 2. The van der Waals surface area contributed by atoms with Crippen molar-refractivity contribution in [1.82, 2.24) is 15.0 Å². The van der Waals surface area contributed by atoms with Crippen LogP contribution in [0.4, 0.5) is 0 Å². The highest BCUT2D eigenvalue weighted by atomic mass is 16.5. The van der Waals surface area contributed by atoms with Crippen LogP contribution >= 0.6 is 0 Å². The van der Waals surface area contributed by atoms with Crippen molar-refractivity contribution in [3.63, 3.8) is 0 Å². The molecule has 0 radical (unpaired) electrons. The fraction of sp³-hybridized carbons (Fsp3) is 0.174. The smallest absolute Gasteiger partial charge is 0.342 e. The van der Waals surface area contributed by atoms with E-state index < -0.39 is 5.97 Å². The molecule has 0 atom stereocenters. The van der Waals surface area contributed by atoms with Crippen molar-refractivity contribution < 1.29 is 23.7 Å². The van der Waals surface area contributed by atoms with Crippen molar-refractivity contribution in [3.05, 3.63) is 71.4 Å². The van der Waals surface area contributed by atoms with Gasteiger partial charge >= 0.3 is 12.0 Å². The van der Waals surface area contributed by atoms with E-state index in [1.807, 2.05) is 49.4 Å². The SMILES string of the molecule is COc1cc(OC)nc(Oc2ccc3[nH]c(C)cc3c2C(=O)OCc2ccccc2)n1. The molecule has 2 aromatic heterocycles. The second kappa shape index (κ2) is 8.74. The van der Waals surface area contributed by atoms with Crippen molar-refractivity contribution in [2.24, 2.45) is 0 Å². The summed E-state index contributed by atoms with van der Waals surface area (Å²) in [5.41, 5.74) is 2.86. The molecule has 31 heavy (non-hydrogen) atoms. The van der Waals surface area contributed by atoms with Gasteiger partial charge in [-0.1, -0.05) is 30.3 Å². The minimum Gasteiger partial charge on any atom is -0.481 e. The quantitative estimate of drug-likeness (QED) is 0.443. The fourth-order valence-corrected chi connectivity index (χ4v) is 3.15. The average molecular weight is 419 g/mol. The van der Waals surface area contributed by atoms with E-state index in [0.29, 0.717) is 5.39 Å². The lowest BCUT2D eigenvalue weighted by Crippen LogP contribution is -2.08. The number of rotatable bonds is 7. The van der Waals surface area contributed by atoms with Gasteiger partial charge in [0.1, 0.15) is 17.9 Å². The molecule has 0 aliphatic heterocycles. The third kappa shape index (κ3) is 4.42. The highest BCUT2D eigenvalue weighted by Crippen LogP contribution is 2.33. The first-order valence-corrected chi connectivity index (χ1v) is 9.55. The highest BCUT2D eigenvalue weighted by molar-refractivity contribution is 6.06. The van der Waals surface area contributed by atoms with Gasteiger partial charge in [0, 0.05) is 16.6 Å². The Bertz CT molecular complexity index is 1200. The Kier molecular flexibility index (Phi) is 5.70. The molecule has 0 amide bonds. The summed E-state index contributed by atoms with van der Waals surface area (Å²) < 4.78 is 21.8. The number of carbonyl (C=O) groups is 1. The number of benzene rings is 2. The van der Waals surface area contributed by atoms with Gasteiger partial charge in [0.15, 0.2) is 0 Å². The van der Waals surface area contributed by atoms with Crippen molar-refractivity contribution in [1.29, 1.82) is 0 Å². The number of aromatic nitrogens is 3. The molecule has 0 spiro atoms. The Labute approximate surface area is 178 Å². The van der Waals surface area contributed by atoms with Crippen molar-refractivity contribution >= 4 is 16.9 Å². The molecular formula is C23H21N3O5. The summed E-state index contributed by atoms with van der Waals surface area (Å²) in [6.45, 7) is 2.05. The number of fused-ring (bicyclic) bond motifs is 1. The number of esters is 1. The molecule has 0 saturated heterocycles. The Hall–Kier alpha value is -4.07. The molecule has 0 saturated carbocycles. The fourth-order valence-electron chi connectivity index (χ4n) is 3.15. The first kappa shape index (κ1) is 20.2. The van der Waals surface area contributed by atoms with Gasteiger partial charge in [-0.15, -0.1) is 0 Å². The topological polar surface area (TPSA) is 95.6 Å². The van der Waals surface area contributed by atoms with E-state index in [-0.39, 0.29) is 35.7 Å². The second-order valence-corrected chi connectivity index (χ2v) is 6.75. The molecule has 0 aliphatic carbocycles. The van der Waals surface area contributed by atoms with E-state index in [4.69, 9.17) is 18.9 Å². The van der Waals surface area contributed by atoms with Gasteiger partial charge in [-0.05, 0) is 30.7 Å². The van der Waals surface area contributed by atoms with Gasteiger partial charge in [-0.2, -0.15) is 9.97 Å². The average Bonchev–Trinajstić information content (AvgIpc) is 3.17. The van der Waals surface area contributed by atoms with E-state index in [2.05, 4.69) is 15.0 Å². The van der Waals surface area contributed by atoms with Gasteiger partial charge in [-0.25, -0.2) is 4.79 Å². The molecule has 1 N–H and O–H groups in total. The molecule has 0 aliphatic rings. The van der Waals surface area contributed by atoms with Crippen LogP contribution in [-0.2, 0) is 11.3 Å². The normalized spacial score (nSPS) is 10.7. The minimum absolute atomic E-state index is 0.0140. The summed E-state index contributed by atoms with van der Waals surface area (Å²) >= 11 is 0. The number of H-pyrrole nitrogens is 1. The number of hydrogen-bond acceptors (Lipinski definition) is 7. The predicted octanol–water partition coefficient (Wildman–Crippen LogP) is 4.43. The number of ether oxygens (including phenoxy) is 4. The van der Waals surface area contributed by atoms with Crippen LogP contribution in [0.15, 0.2) is 54.6 Å². The van der Waals surface area contributed by atoms with Crippen LogP contribution in [0.2, 0.25) is 0 Å². The lowest BCUT2D eigenvalue weighted by atomic mass is 10.1. The Morgan fingerprint density at radius 1 is 0.968 bits per heavy atom. The summed E-state index contributed by atoms with van der Waals surface area (Å²) in [7, 11) is 2.96. The maximum atomic E-state index is 13.1. The number of nitrogens with one attached hydrogen (secondary N) is 1. The largest absolute Gasteiger partial charge is 0.481 e. The number of aryl methyl sites for hydroxylation is 1. The van der Waals surface area contributed by atoms with E-state index in [9.17, 15) is 4.79 Å². The standard InChI is InChI=1S/C23H21N3O5/c1-14-11-16-17(24-14)9-10-18(31-23-25-19(28-2)12-20(26-23)29-3)21(16)22(27)30-13-15-7-5-4-6-8-15/h4-12,24H,13H2,1-3H3. The Balaban J connectivity index is 1.71. The van der Waals surface area contributed by atoms with Gasteiger partial charge < -0.3 is 23.9 Å². The Morgan fingerprint density at radius 3 is 2.35 bits per heavy atom. The van der Waals surface area contributed by atoms with E-state index in [1.54, 1.807) is 6.07 Å². The molecule has 0 bridgehead atoms. The first-order valence-electron chi connectivity index (χ1n) is 9.55. The predicted molar refractivity (Wildman–Crippen MR) is 114 cm³/mol. The number of hydrogen-bond donors (Lipinski definition) is 1. The van der Waals surface area contributed by atoms with Gasteiger partial charge in [-0.3, -0.25) is 0 Å². The molecule has 0 fully saturated rings. The molecule has 4 aromatic rings. The van der Waals surface area contributed by atoms with Crippen LogP contribution in [0.5, 0.6) is 23.5 Å². The summed E-state index contributed by atoms with van der Waals surface area (Å²) in [6.07, 6.45) is 0. The molecular weight excluding hydrogens is 398 g/mol. The first-order chi connectivity index (χ1) is 15.1. The summed E-state index contributed by atoms with van der Waals surface area (Å²) in [5, 5.41) is 0.683. The molecule has 0 unspecified atom stereocenters. The Morgan fingerprint density at radius 2 is 1.68 bits per heavy atom. The monoisotopic (exact) mass is 419 g/mol. The summed E-state index contributed by atoms with van der Waals surface area (Å²) in [6, 6.07) is 16.3. The lowest BCUT2D eigenvalue weighted by Gasteiger charge is -2.12. The van der Waals surface area contributed by atoms with Crippen LogP contribution in [-0.4, -0.2) is 35.1 Å². The molecule has 2 aromatic carbocycles. The lowest BCUT2D eigenvalue weighted by molar-refractivity contribution is 0.0472. The minimum atomic E-state index is -0.515. The van der Waals surface area contributed by atoms with E-state index in [0.717, 1.165) is 16.8 Å². The van der Waals surface area contributed by atoms with Crippen LogP contribution < -0.4 is 14.2 Å². The molecule has 2 heterocycles. The van der Waals surface area contributed by atoms with Gasteiger partial charge in [0.05, 0.1) is 20.3 Å². The number of methoxy groups -OCH3 is 2. The second-order valence-electron chi connectivity index (χ2n) is 6.75. The zero-order valence-electron chi connectivity index (χ0n) is 17.3. The van der Waals surface area contributed by atoms with Crippen LogP contribution in [0.3, 0.4) is 0 Å². The van der Waals surface area contributed by atoms with E-state index in [1.165, 1.54) is 20.3 Å². The van der Waals surface area contributed by atoms with E-state index >= 15 is 0 Å². The third-order valence-electron chi connectivity index (χ3n) is 4.59. The van der Waals surface area contributed by atoms with Gasteiger partial charge in [0.25, 0.3) is 0 Å². The number of carbonyl (C=O) groups excluding carboxylic acids is 1. The van der Waals surface area contributed by atoms with Crippen LogP contribution in [0.1, 0.15) is 21.6 Å². The third-order valence-corrected chi connectivity index (χ3v) is 4.59. The highest BCUT2D eigenvalue weighted by Gasteiger charge is 2.21. The van der Waals surface area contributed by atoms with Gasteiger partial charge in [0.2, 0.25) is 11.8 Å². The maximum Gasteiger partial charge on any atom is 0.342 e.